The van der Waals surface area contributed by atoms with E-state index in [0.717, 1.165) is 5.56 Å². The maximum atomic E-state index is 12.3. The number of hydrogen-bond donors (Lipinski definition) is 2. The summed E-state index contributed by atoms with van der Waals surface area (Å²) in [5.41, 5.74) is -1.43. The van der Waals surface area contributed by atoms with Gasteiger partial charge in [-0.1, -0.05) is 17.7 Å². The first kappa shape index (κ1) is 16.7. The Morgan fingerprint density at radius 1 is 1.10 bits per heavy atom. The molecule has 0 unspecified atom stereocenters. The lowest BCUT2D eigenvalue weighted by Gasteiger charge is -2.38. The van der Waals surface area contributed by atoms with Gasteiger partial charge < -0.3 is 5.11 Å². The van der Waals surface area contributed by atoms with Gasteiger partial charge in [0, 0.05) is 5.54 Å². The van der Waals surface area contributed by atoms with Crippen LogP contribution in [0.3, 0.4) is 0 Å². The molecule has 0 spiro atoms. The maximum absolute atomic E-state index is 12.3. The maximum Gasteiger partial charge on any atom is 0.310 e. The van der Waals surface area contributed by atoms with E-state index in [1.165, 1.54) is 26.0 Å². The lowest BCUT2D eigenvalue weighted by molar-refractivity contribution is -0.150. The number of nitrogens with one attached hydrogen (secondary N) is 1. The smallest absolute Gasteiger partial charge is 0.310 e. The van der Waals surface area contributed by atoms with E-state index in [1.54, 1.807) is 26.0 Å². The molecule has 0 aliphatic heterocycles. The minimum absolute atomic E-state index is 0.123. The van der Waals surface area contributed by atoms with Crippen molar-refractivity contribution in [2.24, 2.45) is 5.41 Å². The minimum Gasteiger partial charge on any atom is -0.481 e. The molecule has 1 rings (SSSR count). The van der Waals surface area contributed by atoms with Crippen molar-refractivity contribution in [3.8, 4) is 0 Å². The number of hydrogen-bond acceptors (Lipinski definition) is 3. The van der Waals surface area contributed by atoms with E-state index in [2.05, 4.69) is 4.72 Å². The highest BCUT2D eigenvalue weighted by molar-refractivity contribution is 7.89. The van der Waals surface area contributed by atoms with Gasteiger partial charge in [-0.3, -0.25) is 4.79 Å². The van der Waals surface area contributed by atoms with Gasteiger partial charge in [0.05, 0.1) is 10.3 Å². The van der Waals surface area contributed by atoms with Gasteiger partial charge in [0.15, 0.2) is 0 Å². The van der Waals surface area contributed by atoms with Crippen LogP contribution in [0.1, 0.15) is 33.3 Å². The van der Waals surface area contributed by atoms with Gasteiger partial charge in [0.1, 0.15) is 0 Å². The molecule has 0 aromatic heterocycles. The molecule has 112 valence electrons. The van der Waals surface area contributed by atoms with Crippen LogP contribution >= 0.6 is 0 Å². The van der Waals surface area contributed by atoms with Gasteiger partial charge in [0.2, 0.25) is 10.0 Å². The molecule has 1 aromatic rings. The third kappa shape index (κ3) is 3.19. The number of sulfonamides is 1. The summed E-state index contributed by atoms with van der Waals surface area (Å²) in [5, 5.41) is 9.25. The van der Waals surface area contributed by atoms with Crippen LogP contribution in [0.2, 0.25) is 0 Å². The summed E-state index contributed by atoms with van der Waals surface area (Å²) in [6.07, 6.45) is 0. The van der Waals surface area contributed by atoms with Crippen LogP contribution in [0.15, 0.2) is 29.2 Å². The molecule has 0 fully saturated rings. The number of carboxylic acid groups (broad SMARTS) is 1. The van der Waals surface area contributed by atoms with Gasteiger partial charge >= 0.3 is 5.97 Å². The lowest BCUT2D eigenvalue weighted by Crippen LogP contribution is -2.56. The molecule has 0 saturated carbocycles. The monoisotopic (exact) mass is 299 g/mol. The number of carbonyl (C=O) groups is 1. The number of aliphatic carboxylic acids is 1. The number of rotatable bonds is 5. The van der Waals surface area contributed by atoms with Gasteiger partial charge in [-0.2, -0.15) is 0 Å². The van der Waals surface area contributed by atoms with Crippen LogP contribution in [0.25, 0.3) is 0 Å². The molecule has 0 radical (unpaired) electrons. The third-order valence-corrected chi connectivity index (χ3v) is 5.49. The minimum atomic E-state index is -3.76. The van der Waals surface area contributed by atoms with E-state index >= 15 is 0 Å². The Balaban J connectivity index is 3.13. The molecule has 0 aliphatic carbocycles. The zero-order valence-electron chi connectivity index (χ0n) is 12.4. The Labute approximate surface area is 120 Å². The zero-order chi connectivity index (χ0) is 15.8. The second-order valence-electron chi connectivity index (χ2n) is 5.97. The van der Waals surface area contributed by atoms with Crippen LogP contribution in [0.4, 0.5) is 0 Å². The summed E-state index contributed by atoms with van der Waals surface area (Å²) < 4.78 is 27.1. The fraction of sp³-hybridized carbons (Fsp3) is 0.500. The standard InChI is InChI=1S/C14H21NO4S/c1-10-6-8-11(9-7-10)20(18,19)15-14(4,5)13(2,3)12(16)17/h6-9,15H,1-5H3,(H,16,17). The molecule has 0 saturated heterocycles. The van der Waals surface area contributed by atoms with Gasteiger partial charge in [-0.05, 0) is 46.8 Å². The first-order valence-corrected chi connectivity index (χ1v) is 7.72. The molecule has 0 atom stereocenters. The van der Waals surface area contributed by atoms with E-state index in [9.17, 15) is 18.3 Å². The lowest BCUT2D eigenvalue weighted by atomic mass is 9.75. The second kappa shape index (κ2) is 5.18. The quantitative estimate of drug-likeness (QED) is 0.872. The SMILES string of the molecule is Cc1ccc(S(=O)(=O)NC(C)(C)C(C)(C)C(=O)O)cc1. The van der Waals surface area contributed by atoms with Crippen LogP contribution < -0.4 is 4.72 Å². The van der Waals surface area contributed by atoms with Crippen molar-refractivity contribution in [2.45, 2.75) is 45.1 Å². The Hall–Kier alpha value is -1.40. The van der Waals surface area contributed by atoms with Gasteiger partial charge in [-0.25, -0.2) is 13.1 Å². The predicted octanol–water partition coefficient (Wildman–Crippen LogP) is 2.16. The Kier molecular flexibility index (Phi) is 4.31. The molecule has 1 aromatic carbocycles. The van der Waals surface area contributed by atoms with Gasteiger partial charge in [0.25, 0.3) is 0 Å². The summed E-state index contributed by atoms with van der Waals surface area (Å²) in [7, 11) is -3.76. The molecule has 5 nitrogen and oxygen atoms in total. The fourth-order valence-corrected chi connectivity index (χ4v) is 3.05. The Morgan fingerprint density at radius 2 is 1.55 bits per heavy atom. The fourth-order valence-electron chi connectivity index (χ4n) is 1.51. The number of aryl methyl sites for hydroxylation is 1. The highest BCUT2D eigenvalue weighted by Crippen LogP contribution is 2.32. The number of benzene rings is 1. The zero-order valence-corrected chi connectivity index (χ0v) is 13.2. The summed E-state index contributed by atoms with van der Waals surface area (Å²) >= 11 is 0. The van der Waals surface area contributed by atoms with Crippen molar-refractivity contribution in [3.63, 3.8) is 0 Å². The summed E-state index contributed by atoms with van der Waals surface area (Å²) in [6, 6.07) is 6.40. The molecule has 20 heavy (non-hydrogen) atoms. The summed E-state index contributed by atoms with van der Waals surface area (Å²) in [6.45, 7) is 7.97. The first-order chi connectivity index (χ1) is 8.90. The van der Waals surface area contributed by atoms with Crippen molar-refractivity contribution in [1.29, 1.82) is 0 Å². The molecular weight excluding hydrogens is 278 g/mol. The molecule has 0 aliphatic rings. The molecule has 2 N–H and O–H groups in total. The van der Waals surface area contributed by atoms with E-state index in [-0.39, 0.29) is 4.90 Å². The molecule has 0 amide bonds. The highest BCUT2D eigenvalue weighted by Gasteiger charge is 2.45. The number of carboxylic acids is 1. The van der Waals surface area contributed by atoms with Crippen LogP contribution in [0, 0.1) is 12.3 Å². The summed E-state index contributed by atoms with van der Waals surface area (Å²) in [4.78, 5) is 11.4. The summed E-state index contributed by atoms with van der Waals surface area (Å²) in [5.74, 6) is -1.06. The topological polar surface area (TPSA) is 83.5 Å². The molecule has 6 heteroatoms. The van der Waals surface area contributed by atoms with E-state index in [1.807, 2.05) is 6.92 Å². The average Bonchev–Trinajstić information content (AvgIpc) is 2.27. The average molecular weight is 299 g/mol. The Bertz CT molecular complexity index is 601. The first-order valence-electron chi connectivity index (χ1n) is 6.24. The van der Waals surface area contributed by atoms with Crippen molar-refractivity contribution in [1.82, 2.24) is 4.72 Å². The largest absolute Gasteiger partial charge is 0.481 e. The van der Waals surface area contributed by atoms with E-state index in [4.69, 9.17) is 0 Å². The normalized spacial score (nSPS) is 13.2. The molecule has 0 heterocycles. The van der Waals surface area contributed by atoms with Crippen LogP contribution in [-0.4, -0.2) is 25.0 Å². The third-order valence-electron chi connectivity index (χ3n) is 3.82. The van der Waals surface area contributed by atoms with Crippen LogP contribution in [0.5, 0.6) is 0 Å². The predicted molar refractivity (Wildman–Crippen MR) is 77.0 cm³/mol. The second-order valence-corrected chi connectivity index (χ2v) is 7.66. The van der Waals surface area contributed by atoms with E-state index < -0.39 is 26.9 Å². The molecular formula is C14H21NO4S. The van der Waals surface area contributed by atoms with Crippen LogP contribution in [-0.2, 0) is 14.8 Å². The van der Waals surface area contributed by atoms with Crippen molar-refractivity contribution in [2.75, 3.05) is 0 Å². The van der Waals surface area contributed by atoms with E-state index in [0.29, 0.717) is 0 Å². The van der Waals surface area contributed by atoms with Crippen molar-refractivity contribution in [3.05, 3.63) is 29.8 Å². The Morgan fingerprint density at radius 3 is 1.95 bits per heavy atom. The van der Waals surface area contributed by atoms with Crippen molar-refractivity contribution >= 4 is 16.0 Å². The highest BCUT2D eigenvalue weighted by atomic mass is 32.2. The van der Waals surface area contributed by atoms with Crippen molar-refractivity contribution < 1.29 is 18.3 Å². The molecule has 0 bridgehead atoms. The van der Waals surface area contributed by atoms with Gasteiger partial charge in [-0.15, -0.1) is 0 Å².